The molecule has 1 atom stereocenters. The van der Waals surface area contributed by atoms with Gasteiger partial charge in [-0.25, -0.2) is 0 Å². The van der Waals surface area contributed by atoms with Gasteiger partial charge in [-0.3, -0.25) is 14.5 Å². The van der Waals surface area contributed by atoms with Gasteiger partial charge in [-0.05, 0) is 68.8 Å². The molecule has 7 heteroatoms. The van der Waals surface area contributed by atoms with Crippen LogP contribution in [-0.4, -0.2) is 44.1 Å². The van der Waals surface area contributed by atoms with Gasteiger partial charge in [0.1, 0.15) is 5.76 Å². The fraction of sp³-hybridized carbons (Fsp3) is 0.267. The Balaban J connectivity index is 1.89. The zero-order chi connectivity index (χ0) is 26.7. The number of carbonyl (C=O) groups excluding carboxylic acids is 2. The van der Waals surface area contributed by atoms with E-state index in [1.807, 2.05) is 55.5 Å². The van der Waals surface area contributed by atoms with Crippen LogP contribution in [0, 0.1) is 6.92 Å². The Kier molecular flexibility index (Phi) is 7.53. The standard InChI is InChI=1S/C30H32N2O5/c1-6-31(7-2)22-12-14-23(15-13-22)32-27(20-10-8-9-19(3)17-20)26(29(34)30(32)35)28(33)21-11-16-24(36-4)25(18-21)37-5/h8-18,27,33H,6-7H2,1-5H3/b28-26-. The number of aliphatic hydroxyl groups excluding tert-OH is 1. The molecule has 0 radical (unpaired) electrons. The van der Waals surface area contributed by atoms with Crippen molar-refractivity contribution in [3.05, 3.63) is 89.0 Å². The number of hydrogen-bond acceptors (Lipinski definition) is 6. The topological polar surface area (TPSA) is 79.3 Å². The SMILES string of the molecule is CCN(CC)c1ccc(N2C(=O)C(=O)/C(=C(\O)c3ccc(OC)c(OC)c3)C2c2cccc(C)c2)cc1. The van der Waals surface area contributed by atoms with E-state index < -0.39 is 17.7 Å². The molecule has 7 nitrogen and oxygen atoms in total. The molecule has 0 saturated carbocycles. The number of amides is 1. The number of carbonyl (C=O) groups is 2. The van der Waals surface area contributed by atoms with Gasteiger partial charge in [-0.1, -0.05) is 29.8 Å². The fourth-order valence-electron chi connectivity index (χ4n) is 4.81. The van der Waals surface area contributed by atoms with Crippen LogP contribution in [0.2, 0.25) is 0 Å². The first kappa shape index (κ1) is 25.8. The average Bonchev–Trinajstić information content (AvgIpc) is 3.19. The van der Waals surface area contributed by atoms with Gasteiger partial charge in [-0.2, -0.15) is 0 Å². The molecule has 4 rings (SSSR count). The highest BCUT2D eigenvalue weighted by Gasteiger charge is 2.47. The van der Waals surface area contributed by atoms with E-state index in [0.717, 1.165) is 29.9 Å². The normalized spacial score (nSPS) is 16.7. The first-order valence-corrected chi connectivity index (χ1v) is 12.3. The van der Waals surface area contributed by atoms with E-state index in [9.17, 15) is 14.7 Å². The Labute approximate surface area is 217 Å². The molecule has 3 aromatic carbocycles. The summed E-state index contributed by atoms with van der Waals surface area (Å²) in [5.41, 5.74) is 3.69. The van der Waals surface area contributed by atoms with E-state index in [2.05, 4.69) is 18.7 Å². The molecule has 1 saturated heterocycles. The van der Waals surface area contributed by atoms with Crippen molar-refractivity contribution in [3.8, 4) is 11.5 Å². The van der Waals surface area contributed by atoms with Gasteiger partial charge in [0, 0.05) is 30.0 Å². The number of hydrogen-bond donors (Lipinski definition) is 1. The number of anilines is 2. The number of rotatable bonds is 8. The van der Waals surface area contributed by atoms with Gasteiger partial charge in [0.2, 0.25) is 0 Å². The molecular weight excluding hydrogens is 468 g/mol. The lowest BCUT2D eigenvalue weighted by atomic mass is 9.94. The predicted octanol–water partition coefficient (Wildman–Crippen LogP) is 5.48. The van der Waals surface area contributed by atoms with Gasteiger partial charge in [0.15, 0.2) is 11.5 Å². The number of aliphatic hydroxyl groups is 1. The zero-order valence-electron chi connectivity index (χ0n) is 21.8. The van der Waals surface area contributed by atoms with Crippen LogP contribution in [0.25, 0.3) is 5.76 Å². The molecule has 0 aromatic heterocycles. The van der Waals surface area contributed by atoms with Gasteiger partial charge >= 0.3 is 0 Å². The molecule has 1 amide bonds. The lowest BCUT2D eigenvalue weighted by Gasteiger charge is -2.27. The van der Waals surface area contributed by atoms with Crippen molar-refractivity contribution in [3.63, 3.8) is 0 Å². The van der Waals surface area contributed by atoms with Crippen molar-refractivity contribution < 1.29 is 24.2 Å². The number of ketones is 1. The van der Waals surface area contributed by atoms with Crippen LogP contribution in [0.1, 0.15) is 36.6 Å². The predicted molar refractivity (Wildman–Crippen MR) is 146 cm³/mol. The van der Waals surface area contributed by atoms with Crippen LogP contribution in [-0.2, 0) is 9.59 Å². The second-order valence-corrected chi connectivity index (χ2v) is 8.84. The third-order valence-corrected chi connectivity index (χ3v) is 6.72. The molecule has 1 fully saturated rings. The van der Waals surface area contributed by atoms with Crippen molar-refractivity contribution in [2.24, 2.45) is 0 Å². The van der Waals surface area contributed by atoms with E-state index in [-0.39, 0.29) is 11.3 Å². The van der Waals surface area contributed by atoms with Crippen molar-refractivity contribution in [2.45, 2.75) is 26.8 Å². The third kappa shape index (κ3) is 4.77. The van der Waals surface area contributed by atoms with Gasteiger partial charge in [0.05, 0.1) is 25.8 Å². The molecule has 192 valence electrons. The number of Topliss-reactive ketones (excluding diaryl/α,β-unsaturated/α-hetero) is 1. The van der Waals surface area contributed by atoms with Crippen LogP contribution in [0.3, 0.4) is 0 Å². The summed E-state index contributed by atoms with van der Waals surface area (Å²) in [6.45, 7) is 7.83. The number of benzene rings is 3. The summed E-state index contributed by atoms with van der Waals surface area (Å²) in [5.74, 6) is -0.813. The van der Waals surface area contributed by atoms with Crippen molar-refractivity contribution in [1.82, 2.24) is 0 Å². The molecular formula is C30H32N2O5. The van der Waals surface area contributed by atoms with E-state index in [4.69, 9.17) is 9.47 Å². The van der Waals surface area contributed by atoms with Crippen LogP contribution in [0.15, 0.2) is 72.3 Å². The fourth-order valence-corrected chi connectivity index (χ4v) is 4.81. The molecule has 0 aliphatic carbocycles. The summed E-state index contributed by atoms with van der Waals surface area (Å²) >= 11 is 0. The molecule has 0 spiro atoms. The minimum Gasteiger partial charge on any atom is -0.507 e. The monoisotopic (exact) mass is 500 g/mol. The number of ether oxygens (including phenoxy) is 2. The molecule has 1 aliphatic heterocycles. The van der Waals surface area contributed by atoms with Crippen LogP contribution >= 0.6 is 0 Å². The molecule has 1 N–H and O–H groups in total. The summed E-state index contributed by atoms with van der Waals surface area (Å²) in [4.78, 5) is 30.6. The number of aryl methyl sites for hydroxylation is 1. The van der Waals surface area contributed by atoms with E-state index in [0.29, 0.717) is 22.7 Å². The Bertz CT molecular complexity index is 1340. The quantitative estimate of drug-likeness (QED) is 0.251. The molecule has 3 aromatic rings. The molecule has 37 heavy (non-hydrogen) atoms. The smallest absolute Gasteiger partial charge is 0.300 e. The second-order valence-electron chi connectivity index (χ2n) is 8.84. The van der Waals surface area contributed by atoms with Crippen LogP contribution in [0.5, 0.6) is 11.5 Å². The van der Waals surface area contributed by atoms with Crippen molar-refractivity contribution in [1.29, 1.82) is 0 Å². The summed E-state index contributed by atoms with van der Waals surface area (Å²) < 4.78 is 10.7. The lowest BCUT2D eigenvalue weighted by molar-refractivity contribution is -0.132. The second kappa shape index (κ2) is 10.8. The lowest BCUT2D eigenvalue weighted by Crippen LogP contribution is -2.29. The molecule has 1 unspecified atom stereocenters. The first-order valence-electron chi connectivity index (χ1n) is 12.3. The van der Waals surface area contributed by atoms with Crippen LogP contribution < -0.4 is 19.3 Å². The highest BCUT2D eigenvalue weighted by atomic mass is 16.5. The third-order valence-electron chi connectivity index (χ3n) is 6.72. The van der Waals surface area contributed by atoms with E-state index in [1.54, 1.807) is 18.2 Å². The Morgan fingerprint density at radius 1 is 0.919 bits per heavy atom. The maximum atomic E-state index is 13.5. The minimum atomic E-state index is -0.799. The van der Waals surface area contributed by atoms with E-state index >= 15 is 0 Å². The zero-order valence-corrected chi connectivity index (χ0v) is 21.8. The number of methoxy groups -OCH3 is 2. The molecule has 1 aliphatic rings. The average molecular weight is 501 g/mol. The van der Waals surface area contributed by atoms with E-state index in [1.165, 1.54) is 19.1 Å². The molecule has 1 heterocycles. The van der Waals surface area contributed by atoms with Gasteiger partial charge in [0.25, 0.3) is 11.7 Å². The Morgan fingerprint density at radius 2 is 1.59 bits per heavy atom. The minimum absolute atomic E-state index is 0.0237. The highest BCUT2D eigenvalue weighted by Crippen LogP contribution is 2.43. The maximum Gasteiger partial charge on any atom is 0.300 e. The highest BCUT2D eigenvalue weighted by molar-refractivity contribution is 6.51. The van der Waals surface area contributed by atoms with Gasteiger partial charge < -0.3 is 19.5 Å². The largest absolute Gasteiger partial charge is 0.507 e. The van der Waals surface area contributed by atoms with Crippen molar-refractivity contribution >= 4 is 28.8 Å². The number of nitrogens with zero attached hydrogens (tertiary/aromatic N) is 2. The van der Waals surface area contributed by atoms with Crippen LogP contribution in [0.4, 0.5) is 11.4 Å². The first-order chi connectivity index (χ1) is 17.8. The Hall–Kier alpha value is -4.26. The van der Waals surface area contributed by atoms with Gasteiger partial charge in [-0.15, -0.1) is 0 Å². The summed E-state index contributed by atoms with van der Waals surface area (Å²) in [6, 6.07) is 19.3. The van der Waals surface area contributed by atoms with Crippen molar-refractivity contribution in [2.75, 3.05) is 37.1 Å². The maximum absolute atomic E-state index is 13.5. The summed E-state index contributed by atoms with van der Waals surface area (Å²) in [7, 11) is 3.02. The molecule has 0 bridgehead atoms. The summed E-state index contributed by atoms with van der Waals surface area (Å²) in [6.07, 6.45) is 0. The Morgan fingerprint density at radius 3 is 2.19 bits per heavy atom. The summed E-state index contributed by atoms with van der Waals surface area (Å²) in [5, 5.41) is 11.4.